The van der Waals surface area contributed by atoms with Gasteiger partial charge in [0.25, 0.3) is 0 Å². The number of halogens is 1. The van der Waals surface area contributed by atoms with Crippen molar-refractivity contribution >= 4 is 41.0 Å². The van der Waals surface area contributed by atoms with E-state index in [2.05, 4.69) is 52.2 Å². The summed E-state index contributed by atoms with van der Waals surface area (Å²) in [6.07, 6.45) is 6.55. The second kappa shape index (κ2) is 9.99. The van der Waals surface area contributed by atoms with Gasteiger partial charge in [0.05, 0.1) is 17.6 Å². The third-order valence-electron chi connectivity index (χ3n) is 4.73. The van der Waals surface area contributed by atoms with Crippen molar-refractivity contribution in [1.82, 2.24) is 20.2 Å². The third kappa shape index (κ3) is 5.33. The van der Waals surface area contributed by atoms with Gasteiger partial charge < -0.3 is 15.2 Å². The molecule has 1 fully saturated rings. The van der Waals surface area contributed by atoms with Crippen LogP contribution in [0, 0.1) is 6.92 Å². The SMILES string of the molecule is CCNC(=NCCn1c(C)nc2ccccc21)NC1CCCCC1.I. The summed E-state index contributed by atoms with van der Waals surface area (Å²) in [7, 11) is 0. The van der Waals surface area contributed by atoms with E-state index in [1.807, 2.05) is 6.07 Å². The molecule has 3 rings (SSSR count). The van der Waals surface area contributed by atoms with E-state index >= 15 is 0 Å². The molecule has 25 heavy (non-hydrogen) atoms. The van der Waals surface area contributed by atoms with Crippen LogP contribution in [0.25, 0.3) is 11.0 Å². The summed E-state index contributed by atoms with van der Waals surface area (Å²) in [6, 6.07) is 8.88. The standard InChI is InChI=1S/C19H29N5.HI/c1-3-20-19(23-16-9-5-4-6-10-16)21-13-14-24-15(2)22-17-11-7-8-12-18(17)24;/h7-8,11-12,16H,3-6,9-10,13-14H2,1-2H3,(H2,20,21,23);1H. The summed E-state index contributed by atoms with van der Waals surface area (Å²) in [4.78, 5) is 9.40. The number of hydrogen-bond donors (Lipinski definition) is 2. The summed E-state index contributed by atoms with van der Waals surface area (Å²) in [5, 5.41) is 6.98. The van der Waals surface area contributed by atoms with Gasteiger partial charge >= 0.3 is 0 Å². The van der Waals surface area contributed by atoms with Gasteiger partial charge in [-0.05, 0) is 38.8 Å². The van der Waals surface area contributed by atoms with Crippen LogP contribution in [0.4, 0.5) is 0 Å². The van der Waals surface area contributed by atoms with Crippen molar-refractivity contribution in [2.24, 2.45) is 4.99 Å². The summed E-state index contributed by atoms with van der Waals surface area (Å²) in [6.45, 7) is 6.68. The van der Waals surface area contributed by atoms with Gasteiger partial charge in [0.2, 0.25) is 0 Å². The maximum atomic E-state index is 4.78. The molecule has 0 radical (unpaired) electrons. The van der Waals surface area contributed by atoms with Crippen molar-refractivity contribution < 1.29 is 0 Å². The highest BCUT2D eigenvalue weighted by Crippen LogP contribution is 2.17. The molecule has 0 aliphatic heterocycles. The van der Waals surface area contributed by atoms with Crippen LogP contribution >= 0.6 is 24.0 Å². The predicted octanol–water partition coefficient (Wildman–Crippen LogP) is 3.85. The Morgan fingerprint density at radius 3 is 2.76 bits per heavy atom. The highest BCUT2D eigenvalue weighted by atomic mass is 127. The maximum Gasteiger partial charge on any atom is 0.191 e. The lowest BCUT2D eigenvalue weighted by Gasteiger charge is -2.24. The molecule has 1 aliphatic carbocycles. The molecule has 2 aromatic rings. The van der Waals surface area contributed by atoms with E-state index in [1.54, 1.807) is 0 Å². The van der Waals surface area contributed by atoms with Gasteiger partial charge in [0, 0.05) is 19.1 Å². The van der Waals surface area contributed by atoms with Crippen molar-refractivity contribution in [3.8, 4) is 0 Å². The van der Waals surface area contributed by atoms with Crippen molar-refractivity contribution in [2.45, 2.75) is 58.5 Å². The third-order valence-corrected chi connectivity index (χ3v) is 4.73. The van der Waals surface area contributed by atoms with Crippen molar-refractivity contribution in [2.75, 3.05) is 13.1 Å². The highest BCUT2D eigenvalue weighted by molar-refractivity contribution is 14.0. The number of imidazole rings is 1. The number of aromatic nitrogens is 2. The molecular weight excluding hydrogens is 425 g/mol. The minimum Gasteiger partial charge on any atom is -0.357 e. The largest absolute Gasteiger partial charge is 0.357 e. The molecule has 1 aromatic carbocycles. The molecule has 1 saturated carbocycles. The Labute approximate surface area is 167 Å². The molecule has 6 heteroatoms. The molecule has 5 nitrogen and oxygen atoms in total. The smallest absolute Gasteiger partial charge is 0.191 e. The van der Waals surface area contributed by atoms with Crippen molar-refractivity contribution in [1.29, 1.82) is 0 Å². The van der Waals surface area contributed by atoms with E-state index in [1.165, 1.54) is 37.6 Å². The summed E-state index contributed by atoms with van der Waals surface area (Å²) < 4.78 is 2.25. The second-order valence-corrected chi connectivity index (χ2v) is 6.54. The zero-order chi connectivity index (χ0) is 16.8. The van der Waals surface area contributed by atoms with E-state index in [0.29, 0.717) is 6.04 Å². The first-order chi connectivity index (χ1) is 11.8. The van der Waals surface area contributed by atoms with Gasteiger partial charge in [-0.15, -0.1) is 24.0 Å². The predicted molar refractivity (Wildman–Crippen MR) is 116 cm³/mol. The van der Waals surface area contributed by atoms with Crippen LogP contribution in [0.2, 0.25) is 0 Å². The zero-order valence-electron chi connectivity index (χ0n) is 15.3. The lowest BCUT2D eigenvalue weighted by Crippen LogP contribution is -2.44. The molecule has 0 saturated heterocycles. The monoisotopic (exact) mass is 455 g/mol. The fourth-order valence-corrected chi connectivity index (χ4v) is 3.50. The fraction of sp³-hybridized carbons (Fsp3) is 0.579. The van der Waals surface area contributed by atoms with E-state index in [0.717, 1.165) is 36.9 Å². The first-order valence-corrected chi connectivity index (χ1v) is 9.24. The van der Waals surface area contributed by atoms with Gasteiger partial charge in [-0.25, -0.2) is 4.98 Å². The number of para-hydroxylation sites is 2. The Kier molecular flexibility index (Phi) is 7.99. The molecule has 1 heterocycles. The Bertz CT molecular complexity index is 688. The fourth-order valence-electron chi connectivity index (χ4n) is 3.50. The van der Waals surface area contributed by atoms with Gasteiger partial charge in [-0.1, -0.05) is 31.4 Å². The Balaban J connectivity index is 0.00000225. The van der Waals surface area contributed by atoms with Crippen LogP contribution < -0.4 is 10.6 Å². The molecule has 1 aliphatic rings. The average molecular weight is 455 g/mol. The normalized spacial score (nSPS) is 15.8. The number of rotatable bonds is 5. The summed E-state index contributed by atoms with van der Waals surface area (Å²) in [5.41, 5.74) is 2.25. The second-order valence-electron chi connectivity index (χ2n) is 6.54. The van der Waals surface area contributed by atoms with Gasteiger partial charge in [-0.2, -0.15) is 0 Å². The van der Waals surface area contributed by atoms with Crippen LogP contribution in [-0.4, -0.2) is 34.6 Å². The first-order valence-electron chi connectivity index (χ1n) is 9.24. The number of guanidine groups is 1. The summed E-state index contributed by atoms with van der Waals surface area (Å²) >= 11 is 0. The quantitative estimate of drug-likeness (QED) is 0.409. The highest BCUT2D eigenvalue weighted by Gasteiger charge is 2.14. The molecule has 0 amide bonds. The molecule has 1 aromatic heterocycles. The van der Waals surface area contributed by atoms with E-state index < -0.39 is 0 Å². The topological polar surface area (TPSA) is 54.2 Å². The summed E-state index contributed by atoms with van der Waals surface area (Å²) in [5.74, 6) is 2.00. The minimum atomic E-state index is 0. The van der Waals surface area contributed by atoms with Crippen LogP contribution in [0.1, 0.15) is 44.9 Å². The van der Waals surface area contributed by atoms with E-state index in [9.17, 15) is 0 Å². The number of nitrogens with zero attached hydrogens (tertiary/aromatic N) is 3. The molecule has 138 valence electrons. The maximum absolute atomic E-state index is 4.78. The number of hydrogen-bond acceptors (Lipinski definition) is 2. The Hall–Kier alpha value is -1.31. The lowest BCUT2D eigenvalue weighted by molar-refractivity contribution is 0.410. The van der Waals surface area contributed by atoms with Gasteiger partial charge in [-0.3, -0.25) is 4.99 Å². The van der Waals surface area contributed by atoms with E-state index in [4.69, 9.17) is 4.99 Å². The molecule has 0 spiro atoms. The molecule has 0 bridgehead atoms. The number of nitrogens with one attached hydrogen (secondary N) is 2. The average Bonchev–Trinajstić information content (AvgIpc) is 2.92. The Morgan fingerprint density at radius 1 is 1.24 bits per heavy atom. The molecule has 0 unspecified atom stereocenters. The van der Waals surface area contributed by atoms with Crippen molar-refractivity contribution in [3.05, 3.63) is 30.1 Å². The molecule has 2 N–H and O–H groups in total. The van der Waals surface area contributed by atoms with Crippen LogP contribution in [0.3, 0.4) is 0 Å². The van der Waals surface area contributed by atoms with Crippen molar-refractivity contribution in [3.63, 3.8) is 0 Å². The van der Waals surface area contributed by atoms with Crippen LogP contribution in [0.15, 0.2) is 29.3 Å². The molecular formula is C19H30IN5. The Morgan fingerprint density at radius 2 is 2.00 bits per heavy atom. The van der Waals surface area contributed by atoms with Crippen LogP contribution in [0.5, 0.6) is 0 Å². The van der Waals surface area contributed by atoms with Crippen LogP contribution in [-0.2, 0) is 6.54 Å². The minimum absolute atomic E-state index is 0. The lowest BCUT2D eigenvalue weighted by atomic mass is 9.96. The zero-order valence-corrected chi connectivity index (χ0v) is 17.6. The van der Waals surface area contributed by atoms with Gasteiger partial charge in [0.1, 0.15) is 5.82 Å². The van der Waals surface area contributed by atoms with E-state index in [-0.39, 0.29) is 24.0 Å². The molecule has 0 atom stereocenters. The number of aryl methyl sites for hydroxylation is 1. The number of benzene rings is 1. The number of fused-ring (bicyclic) bond motifs is 1. The van der Waals surface area contributed by atoms with Gasteiger partial charge in [0.15, 0.2) is 5.96 Å². The number of aliphatic imine (C=N–C) groups is 1. The first kappa shape index (κ1) is 20.0.